The Bertz CT molecular complexity index is 547. The van der Waals surface area contributed by atoms with Crippen LogP contribution in [0.25, 0.3) is 0 Å². The second kappa shape index (κ2) is 8.86. The lowest BCUT2D eigenvalue weighted by Gasteiger charge is -2.17. The summed E-state index contributed by atoms with van der Waals surface area (Å²) in [5, 5.41) is 6.04. The quantitative estimate of drug-likeness (QED) is 0.790. The summed E-state index contributed by atoms with van der Waals surface area (Å²) in [6.07, 6.45) is 2.15. The maximum absolute atomic E-state index is 12.0. The van der Waals surface area contributed by atoms with E-state index in [-0.39, 0.29) is 31.0 Å². The van der Waals surface area contributed by atoms with Crippen LogP contribution in [0.4, 0.5) is 5.69 Å². The number of benzene rings is 1. The largest absolute Gasteiger partial charge is 0.376 e. The van der Waals surface area contributed by atoms with Crippen LogP contribution < -0.4 is 10.6 Å². The standard InChI is InChI=1S/C16H22ClN3O3/c1-20(10-15(21)18-9-12-5-4-8-23-12)11-16(22)19-14-7-3-2-6-13(14)17/h2-3,6-7,12H,4-5,8-11H2,1H3,(H,18,21)(H,19,22)/t12-/m0/s1. The minimum absolute atomic E-state index is 0.110. The van der Waals surface area contributed by atoms with Gasteiger partial charge in [-0.05, 0) is 32.0 Å². The van der Waals surface area contributed by atoms with Crippen molar-refractivity contribution in [2.75, 3.05) is 38.6 Å². The number of anilines is 1. The van der Waals surface area contributed by atoms with E-state index in [2.05, 4.69) is 10.6 Å². The zero-order valence-electron chi connectivity index (χ0n) is 13.2. The van der Waals surface area contributed by atoms with Gasteiger partial charge in [0.25, 0.3) is 0 Å². The van der Waals surface area contributed by atoms with Gasteiger partial charge in [-0.3, -0.25) is 14.5 Å². The predicted molar refractivity (Wildman–Crippen MR) is 89.6 cm³/mol. The molecule has 1 aromatic rings. The Hall–Kier alpha value is -1.63. The number of amides is 2. The van der Waals surface area contributed by atoms with Gasteiger partial charge in [0.2, 0.25) is 11.8 Å². The highest BCUT2D eigenvalue weighted by molar-refractivity contribution is 6.33. The summed E-state index contributed by atoms with van der Waals surface area (Å²) in [5.74, 6) is -0.332. The van der Waals surface area contributed by atoms with Crippen molar-refractivity contribution in [2.45, 2.75) is 18.9 Å². The number of nitrogens with zero attached hydrogens (tertiary/aromatic N) is 1. The van der Waals surface area contributed by atoms with Crippen LogP contribution in [0.3, 0.4) is 0 Å². The number of likely N-dealkylation sites (N-methyl/N-ethyl adjacent to an activating group) is 1. The predicted octanol–water partition coefficient (Wildman–Crippen LogP) is 1.51. The minimum atomic E-state index is -0.215. The van der Waals surface area contributed by atoms with Gasteiger partial charge in [-0.25, -0.2) is 0 Å². The summed E-state index contributed by atoms with van der Waals surface area (Å²) in [6.45, 7) is 1.56. The monoisotopic (exact) mass is 339 g/mol. The SMILES string of the molecule is CN(CC(=O)NC[C@@H]1CCCO1)CC(=O)Nc1ccccc1Cl. The van der Waals surface area contributed by atoms with Crippen molar-refractivity contribution in [2.24, 2.45) is 0 Å². The molecule has 2 amide bonds. The molecule has 1 aliphatic rings. The zero-order valence-corrected chi connectivity index (χ0v) is 13.9. The molecule has 1 aromatic carbocycles. The van der Waals surface area contributed by atoms with Crippen LogP contribution in [0.2, 0.25) is 5.02 Å². The Labute approximate surface area is 141 Å². The maximum atomic E-state index is 12.0. The van der Waals surface area contributed by atoms with Crippen molar-refractivity contribution in [3.8, 4) is 0 Å². The van der Waals surface area contributed by atoms with Gasteiger partial charge < -0.3 is 15.4 Å². The van der Waals surface area contributed by atoms with Crippen LogP contribution in [0.1, 0.15) is 12.8 Å². The van der Waals surface area contributed by atoms with Crippen LogP contribution in [0, 0.1) is 0 Å². The molecule has 6 nitrogen and oxygen atoms in total. The first-order valence-electron chi connectivity index (χ1n) is 7.66. The summed E-state index contributed by atoms with van der Waals surface area (Å²) in [5.41, 5.74) is 0.565. The lowest BCUT2D eigenvalue weighted by molar-refractivity contribution is -0.123. The lowest BCUT2D eigenvalue weighted by atomic mass is 10.2. The highest BCUT2D eigenvalue weighted by atomic mass is 35.5. The Morgan fingerprint density at radius 3 is 2.74 bits per heavy atom. The van der Waals surface area contributed by atoms with Crippen LogP contribution in [0.5, 0.6) is 0 Å². The average Bonchev–Trinajstić information content (AvgIpc) is 3.00. The van der Waals surface area contributed by atoms with Crippen molar-refractivity contribution in [3.05, 3.63) is 29.3 Å². The van der Waals surface area contributed by atoms with Gasteiger partial charge in [-0.15, -0.1) is 0 Å². The molecule has 0 unspecified atom stereocenters. The first kappa shape index (κ1) is 17.7. The van der Waals surface area contributed by atoms with Gasteiger partial charge in [0, 0.05) is 13.2 Å². The number of hydrogen-bond acceptors (Lipinski definition) is 4. The number of carbonyl (C=O) groups is 2. The number of ether oxygens (including phenoxy) is 1. The molecule has 0 saturated carbocycles. The molecule has 7 heteroatoms. The van der Waals surface area contributed by atoms with Crippen LogP contribution in [-0.2, 0) is 14.3 Å². The summed E-state index contributed by atoms with van der Waals surface area (Å²) >= 11 is 5.99. The van der Waals surface area contributed by atoms with Crippen molar-refractivity contribution in [3.63, 3.8) is 0 Å². The topological polar surface area (TPSA) is 70.7 Å². The first-order chi connectivity index (χ1) is 11.0. The van der Waals surface area contributed by atoms with Crippen molar-refractivity contribution in [1.82, 2.24) is 10.2 Å². The summed E-state index contributed by atoms with van der Waals surface area (Å²) < 4.78 is 5.45. The molecule has 23 heavy (non-hydrogen) atoms. The molecule has 1 atom stereocenters. The van der Waals surface area contributed by atoms with Gasteiger partial charge in [-0.1, -0.05) is 23.7 Å². The number of rotatable bonds is 7. The van der Waals surface area contributed by atoms with Gasteiger partial charge in [0.15, 0.2) is 0 Å². The van der Waals surface area contributed by atoms with E-state index in [0.29, 0.717) is 17.3 Å². The molecule has 1 heterocycles. The van der Waals surface area contributed by atoms with E-state index in [4.69, 9.17) is 16.3 Å². The average molecular weight is 340 g/mol. The van der Waals surface area contributed by atoms with E-state index < -0.39 is 0 Å². The van der Waals surface area contributed by atoms with Gasteiger partial charge >= 0.3 is 0 Å². The third kappa shape index (κ3) is 6.17. The lowest BCUT2D eigenvalue weighted by Crippen LogP contribution is -2.41. The Balaban J connectivity index is 1.68. The van der Waals surface area contributed by atoms with E-state index in [0.717, 1.165) is 19.4 Å². The first-order valence-corrected chi connectivity index (χ1v) is 8.03. The highest BCUT2D eigenvalue weighted by Crippen LogP contribution is 2.20. The van der Waals surface area contributed by atoms with Crippen LogP contribution in [0.15, 0.2) is 24.3 Å². The molecule has 1 aliphatic heterocycles. The molecule has 0 spiro atoms. The number of nitrogens with one attached hydrogen (secondary N) is 2. The van der Waals surface area contributed by atoms with E-state index in [1.54, 1.807) is 36.2 Å². The molecule has 0 radical (unpaired) electrons. The van der Waals surface area contributed by atoms with E-state index >= 15 is 0 Å². The normalized spacial score (nSPS) is 17.3. The molecular weight excluding hydrogens is 318 g/mol. The van der Waals surface area contributed by atoms with Crippen molar-refractivity contribution >= 4 is 29.1 Å². The third-order valence-electron chi connectivity index (χ3n) is 3.53. The van der Waals surface area contributed by atoms with Crippen LogP contribution >= 0.6 is 11.6 Å². The highest BCUT2D eigenvalue weighted by Gasteiger charge is 2.17. The fourth-order valence-corrected chi connectivity index (χ4v) is 2.57. The molecular formula is C16H22ClN3O3. The molecule has 1 fully saturated rings. The molecule has 0 aromatic heterocycles. The smallest absolute Gasteiger partial charge is 0.238 e. The number of hydrogen-bond donors (Lipinski definition) is 2. The van der Waals surface area contributed by atoms with E-state index in [9.17, 15) is 9.59 Å². The summed E-state index contributed by atoms with van der Waals surface area (Å²) in [6, 6.07) is 7.03. The minimum Gasteiger partial charge on any atom is -0.376 e. The Morgan fingerprint density at radius 2 is 2.04 bits per heavy atom. The van der Waals surface area contributed by atoms with E-state index in [1.165, 1.54) is 0 Å². The molecule has 1 saturated heterocycles. The second-order valence-corrected chi connectivity index (χ2v) is 6.05. The molecule has 126 valence electrons. The molecule has 0 bridgehead atoms. The Morgan fingerprint density at radius 1 is 1.30 bits per heavy atom. The summed E-state index contributed by atoms with van der Waals surface area (Å²) in [4.78, 5) is 25.5. The Kier molecular flexibility index (Phi) is 6.83. The third-order valence-corrected chi connectivity index (χ3v) is 3.86. The van der Waals surface area contributed by atoms with Gasteiger partial charge in [-0.2, -0.15) is 0 Å². The fourth-order valence-electron chi connectivity index (χ4n) is 2.39. The molecule has 2 N–H and O–H groups in total. The summed E-state index contributed by atoms with van der Waals surface area (Å²) in [7, 11) is 1.72. The van der Waals surface area contributed by atoms with Crippen LogP contribution in [-0.4, -0.2) is 56.1 Å². The van der Waals surface area contributed by atoms with Gasteiger partial charge in [0.05, 0.1) is 29.9 Å². The van der Waals surface area contributed by atoms with E-state index in [1.807, 2.05) is 0 Å². The molecule has 2 rings (SSSR count). The zero-order chi connectivity index (χ0) is 16.7. The number of halogens is 1. The van der Waals surface area contributed by atoms with Crippen molar-refractivity contribution < 1.29 is 14.3 Å². The second-order valence-electron chi connectivity index (χ2n) is 5.64. The van der Waals surface area contributed by atoms with Crippen molar-refractivity contribution in [1.29, 1.82) is 0 Å². The number of para-hydroxylation sites is 1. The maximum Gasteiger partial charge on any atom is 0.238 e. The fraction of sp³-hybridized carbons (Fsp3) is 0.500. The van der Waals surface area contributed by atoms with Gasteiger partial charge in [0.1, 0.15) is 0 Å². The number of carbonyl (C=O) groups excluding carboxylic acids is 2. The molecule has 0 aliphatic carbocycles.